The topological polar surface area (TPSA) is 40.5 Å². The fraction of sp³-hybridized carbons (Fsp3) is 0. The lowest BCUT2D eigenvalue weighted by Gasteiger charge is -2.08. The summed E-state index contributed by atoms with van der Waals surface area (Å²) in [5.41, 5.74) is 1.07. The second kappa shape index (κ2) is 4.88. The molecule has 5 heteroatoms. The maximum atomic E-state index is 13.6. The Labute approximate surface area is 103 Å². The SMILES string of the molecule is OB(O)c1cc(Cl)c(-c2ccccc2)cc1F. The van der Waals surface area contributed by atoms with Gasteiger partial charge in [-0.3, -0.25) is 0 Å². The molecule has 0 spiro atoms. The molecule has 0 saturated heterocycles. The van der Waals surface area contributed by atoms with E-state index in [4.69, 9.17) is 21.6 Å². The van der Waals surface area contributed by atoms with Crippen molar-refractivity contribution in [1.82, 2.24) is 0 Å². The molecule has 2 N–H and O–H groups in total. The molecule has 0 atom stereocenters. The quantitative estimate of drug-likeness (QED) is 0.798. The predicted molar refractivity (Wildman–Crippen MR) is 66.7 cm³/mol. The lowest BCUT2D eigenvalue weighted by atomic mass is 9.79. The summed E-state index contributed by atoms with van der Waals surface area (Å²) < 4.78 is 13.6. The highest BCUT2D eigenvalue weighted by atomic mass is 35.5. The highest BCUT2D eigenvalue weighted by Gasteiger charge is 2.19. The van der Waals surface area contributed by atoms with Crippen LogP contribution in [0.5, 0.6) is 0 Å². The van der Waals surface area contributed by atoms with Crippen molar-refractivity contribution in [3.8, 4) is 11.1 Å². The second-order valence-electron chi connectivity index (χ2n) is 3.59. The number of hydrogen-bond acceptors (Lipinski definition) is 2. The van der Waals surface area contributed by atoms with E-state index >= 15 is 0 Å². The van der Waals surface area contributed by atoms with Crippen molar-refractivity contribution in [2.75, 3.05) is 0 Å². The van der Waals surface area contributed by atoms with Gasteiger partial charge in [-0.15, -0.1) is 0 Å². The molecule has 0 fully saturated rings. The van der Waals surface area contributed by atoms with E-state index in [0.29, 0.717) is 5.56 Å². The fourth-order valence-electron chi connectivity index (χ4n) is 1.60. The van der Waals surface area contributed by atoms with Crippen molar-refractivity contribution >= 4 is 24.2 Å². The summed E-state index contributed by atoms with van der Waals surface area (Å²) in [7, 11) is -1.86. The number of halogens is 2. The number of benzene rings is 2. The van der Waals surface area contributed by atoms with Gasteiger partial charge in [-0.1, -0.05) is 41.9 Å². The smallest absolute Gasteiger partial charge is 0.423 e. The monoisotopic (exact) mass is 250 g/mol. The van der Waals surface area contributed by atoms with Crippen molar-refractivity contribution in [2.24, 2.45) is 0 Å². The molecule has 0 radical (unpaired) electrons. The van der Waals surface area contributed by atoms with Crippen molar-refractivity contribution in [2.45, 2.75) is 0 Å². The van der Waals surface area contributed by atoms with Gasteiger partial charge in [0, 0.05) is 16.0 Å². The van der Waals surface area contributed by atoms with Crippen LogP contribution in [0.25, 0.3) is 11.1 Å². The normalized spacial score (nSPS) is 10.4. The van der Waals surface area contributed by atoms with Crippen molar-refractivity contribution in [3.05, 3.63) is 53.3 Å². The summed E-state index contributed by atoms with van der Waals surface area (Å²) in [6.45, 7) is 0. The summed E-state index contributed by atoms with van der Waals surface area (Å²) >= 11 is 5.99. The first-order valence-corrected chi connectivity index (χ1v) is 5.38. The molecule has 0 saturated carbocycles. The second-order valence-corrected chi connectivity index (χ2v) is 4.00. The molecule has 0 aliphatic heterocycles. The van der Waals surface area contributed by atoms with Crippen LogP contribution in [-0.4, -0.2) is 17.2 Å². The van der Waals surface area contributed by atoms with Crippen LogP contribution in [0, 0.1) is 5.82 Å². The van der Waals surface area contributed by atoms with Gasteiger partial charge in [0.05, 0.1) is 0 Å². The molecule has 2 rings (SSSR count). The minimum Gasteiger partial charge on any atom is -0.423 e. The highest BCUT2D eigenvalue weighted by molar-refractivity contribution is 6.59. The van der Waals surface area contributed by atoms with Gasteiger partial charge in [0.15, 0.2) is 0 Å². The van der Waals surface area contributed by atoms with Crippen molar-refractivity contribution in [3.63, 3.8) is 0 Å². The van der Waals surface area contributed by atoms with Gasteiger partial charge in [-0.25, -0.2) is 4.39 Å². The molecule has 2 aromatic carbocycles. The Morgan fingerprint density at radius 3 is 2.29 bits per heavy atom. The average molecular weight is 250 g/mol. The Morgan fingerprint density at radius 1 is 1.06 bits per heavy atom. The maximum absolute atomic E-state index is 13.6. The van der Waals surface area contributed by atoms with E-state index in [-0.39, 0.29) is 10.5 Å². The van der Waals surface area contributed by atoms with E-state index in [1.807, 2.05) is 18.2 Å². The van der Waals surface area contributed by atoms with Gasteiger partial charge in [-0.2, -0.15) is 0 Å². The first-order valence-electron chi connectivity index (χ1n) is 5.00. The maximum Gasteiger partial charge on any atom is 0.491 e. The van der Waals surface area contributed by atoms with E-state index < -0.39 is 12.9 Å². The minimum atomic E-state index is -1.86. The molecule has 17 heavy (non-hydrogen) atoms. The molecular weight excluding hydrogens is 241 g/mol. The Hall–Kier alpha value is -1.36. The molecule has 2 nitrogen and oxygen atoms in total. The average Bonchev–Trinajstić information content (AvgIpc) is 2.32. The van der Waals surface area contributed by atoms with Crippen LogP contribution in [0.15, 0.2) is 42.5 Å². The Kier molecular flexibility index (Phi) is 3.47. The molecule has 0 bridgehead atoms. The molecule has 0 unspecified atom stereocenters. The van der Waals surface area contributed by atoms with Gasteiger partial charge in [0.25, 0.3) is 0 Å². The fourth-order valence-corrected chi connectivity index (χ4v) is 1.88. The summed E-state index contributed by atoms with van der Waals surface area (Å²) in [5.74, 6) is -0.691. The van der Waals surface area contributed by atoms with E-state index in [9.17, 15) is 4.39 Å². The van der Waals surface area contributed by atoms with Crippen LogP contribution < -0.4 is 5.46 Å². The molecule has 2 aromatic rings. The number of hydrogen-bond donors (Lipinski definition) is 2. The van der Waals surface area contributed by atoms with E-state index in [1.54, 1.807) is 12.1 Å². The molecule has 86 valence electrons. The van der Waals surface area contributed by atoms with E-state index in [2.05, 4.69) is 0 Å². The molecule has 0 aliphatic rings. The highest BCUT2D eigenvalue weighted by Crippen LogP contribution is 2.27. The largest absolute Gasteiger partial charge is 0.491 e. The molecule has 0 aromatic heterocycles. The third kappa shape index (κ3) is 2.49. The van der Waals surface area contributed by atoms with E-state index in [0.717, 1.165) is 5.56 Å². The zero-order valence-electron chi connectivity index (χ0n) is 8.77. The third-order valence-corrected chi connectivity index (χ3v) is 2.76. The summed E-state index contributed by atoms with van der Waals surface area (Å²) in [4.78, 5) is 0. The summed E-state index contributed by atoms with van der Waals surface area (Å²) in [6.07, 6.45) is 0. The van der Waals surface area contributed by atoms with Crippen LogP contribution in [0.2, 0.25) is 5.02 Å². The van der Waals surface area contributed by atoms with E-state index in [1.165, 1.54) is 12.1 Å². The Morgan fingerprint density at radius 2 is 1.71 bits per heavy atom. The number of rotatable bonds is 2. The third-order valence-electron chi connectivity index (χ3n) is 2.45. The van der Waals surface area contributed by atoms with Crippen molar-refractivity contribution in [1.29, 1.82) is 0 Å². The van der Waals surface area contributed by atoms with Gasteiger partial charge < -0.3 is 10.0 Å². The predicted octanol–water partition coefficient (Wildman–Crippen LogP) is 1.83. The van der Waals surface area contributed by atoms with Gasteiger partial charge in [-0.05, 0) is 17.7 Å². The Bertz CT molecular complexity index is 532. The van der Waals surface area contributed by atoms with Gasteiger partial charge >= 0.3 is 7.12 Å². The lowest BCUT2D eigenvalue weighted by Crippen LogP contribution is -2.32. The standard InChI is InChI=1S/C12H9BClFO2/c14-11-7-10(13(16)17)12(15)6-9(11)8-4-2-1-3-5-8/h1-7,16-17H. The molecular formula is C12H9BClFO2. The summed E-state index contributed by atoms with van der Waals surface area (Å²) in [6, 6.07) is 11.5. The zero-order valence-corrected chi connectivity index (χ0v) is 9.53. The molecule has 0 amide bonds. The van der Waals surface area contributed by atoms with Gasteiger partial charge in [0.1, 0.15) is 5.82 Å². The first-order chi connectivity index (χ1) is 8.09. The van der Waals surface area contributed by atoms with Crippen LogP contribution in [-0.2, 0) is 0 Å². The van der Waals surface area contributed by atoms with Crippen LogP contribution in [0.4, 0.5) is 4.39 Å². The lowest BCUT2D eigenvalue weighted by molar-refractivity contribution is 0.423. The minimum absolute atomic E-state index is 0.227. The summed E-state index contributed by atoms with van der Waals surface area (Å²) in [5, 5.41) is 18.2. The Balaban J connectivity index is 2.55. The van der Waals surface area contributed by atoms with Crippen LogP contribution in [0.1, 0.15) is 0 Å². The van der Waals surface area contributed by atoms with Crippen molar-refractivity contribution < 1.29 is 14.4 Å². The molecule has 0 aliphatic carbocycles. The van der Waals surface area contributed by atoms with Crippen LogP contribution >= 0.6 is 11.6 Å². The van der Waals surface area contributed by atoms with Gasteiger partial charge in [0.2, 0.25) is 0 Å². The first kappa shape index (κ1) is 12.1. The van der Waals surface area contributed by atoms with Crippen LogP contribution in [0.3, 0.4) is 0 Å². The molecule has 0 heterocycles. The zero-order chi connectivity index (χ0) is 12.4.